The summed E-state index contributed by atoms with van der Waals surface area (Å²) in [4.78, 5) is 14.7. The molecule has 0 bridgehead atoms. The highest BCUT2D eigenvalue weighted by atomic mass is 32.2. The van der Waals surface area contributed by atoms with Crippen molar-refractivity contribution in [1.29, 1.82) is 0 Å². The first-order valence-electron chi connectivity index (χ1n) is 10.3. The number of hydrogen-bond donors (Lipinski definition) is 0. The van der Waals surface area contributed by atoms with Crippen LogP contribution >= 0.6 is 0 Å². The highest BCUT2D eigenvalue weighted by Crippen LogP contribution is 2.32. The van der Waals surface area contributed by atoms with E-state index in [9.17, 15) is 17.6 Å². The number of ether oxygens (including phenoxy) is 1. The average Bonchev–Trinajstić information content (AvgIpc) is 2.67. The van der Waals surface area contributed by atoms with Gasteiger partial charge in [-0.25, -0.2) is 4.39 Å². The summed E-state index contributed by atoms with van der Waals surface area (Å²) in [6, 6.07) is 11.1. The molecule has 0 unspecified atom stereocenters. The minimum absolute atomic E-state index is 0.00395. The van der Waals surface area contributed by atoms with Crippen LogP contribution in [0.3, 0.4) is 0 Å². The molecule has 1 fully saturated rings. The normalized spacial score (nSPS) is 14.2. The lowest BCUT2D eigenvalue weighted by atomic mass is 9.84. The molecule has 0 saturated heterocycles. The summed E-state index contributed by atoms with van der Waals surface area (Å²) < 4.78 is 48.3. The average molecular weight is 450 g/mol. The van der Waals surface area contributed by atoms with Crippen LogP contribution in [0.1, 0.15) is 44.2 Å². The van der Waals surface area contributed by atoms with Gasteiger partial charge < -0.3 is 13.8 Å². The number of carbonyl (C=O) groups is 1. The Kier molecular flexibility index (Phi) is 7.20. The third kappa shape index (κ3) is 5.76. The first-order chi connectivity index (χ1) is 14.7. The molecule has 31 heavy (non-hydrogen) atoms. The zero-order chi connectivity index (χ0) is 22.6. The summed E-state index contributed by atoms with van der Waals surface area (Å²) in [6.07, 6.45) is 2.76. The van der Waals surface area contributed by atoms with Gasteiger partial charge in [0.05, 0.1) is 12.4 Å². The number of rotatable bonds is 9. The van der Waals surface area contributed by atoms with Gasteiger partial charge in [0.15, 0.2) is 11.5 Å². The molecule has 0 aliphatic heterocycles. The van der Waals surface area contributed by atoms with Gasteiger partial charge in [-0.2, -0.15) is 8.42 Å². The molecule has 0 heterocycles. The van der Waals surface area contributed by atoms with Crippen molar-refractivity contribution in [2.45, 2.75) is 51.4 Å². The van der Waals surface area contributed by atoms with Crippen LogP contribution in [0.5, 0.6) is 11.5 Å². The molecule has 2 aromatic carbocycles. The molecule has 0 N–H and O–H groups in total. The van der Waals surface area contributed by atoms with Crippen molar-refractivity contribution in [3.63, 3.8) is 0 Å². The Labute approximate surface area is 183 Å². The second-order valence-corrected chi connectivity index (χ2v) is 10.2. The molecule has 168 valence electrons. The molecular formula is C23H28FNO5S. The van der Waals surface area contributed by atoms with Crippen LogP contribution in [0, 0.1) is 11.7 Å². The second kappa shape index (κ2) is 9.68. The van der Waals surface area contributed by atoms with Crippen LogP contribution in [0.25, 0.3) is 0 Å². The molecule has 1 amide bonds. The standard InChI is InChI=1S/C23H28FNO5S/c1-16(2)31(27,28)30-22-13-18(9-12-21(22)29-3)15-25(23(26)19-5-4-6-19)14-17-7-10-20(24)11-8-17/h7-13,16,19H,4-6,14-15H2,1-3H3. The smallest absolute Gasteiger partial charge is 0.311 e. The second-order valence-electron chi connectivity index (χ2n) is 8.06. The number of methoxy groups -OCH3 is 1. The Balaban J connectivity index is 1.86. The zero-order valence-electron chi connectivity index (χ0n) is 18.0. The molecule has 1 saturated carbocycles. The fourth-order valence-electron chi connectivity index (χ4n) is 3.26. The minimum atomic E-state index is -3.80. The van der Waals surface area contributed by atoms with E-state index in [0.717, 1.165) is 24.8 Å². The monoisotopic (exact) mass is 449 g/mol. The van der Waals surface area contributed by atoms with Crippen molar-refractivity contribution in [1.82, 2.24) is 4.90 Å². The van der Waals surface area contributed by atoms with E-state index < -0.39 is 15.4 Å². The van der Waals surface area contributed by atoms with Gasteiger partial charge in [0.25, 0.3) is 0 Å². The quantitative estimate of drug-likeness (QED) is 0.534. The molecule has 1 aliphatic carbocycles. The molecule has 0 aromatic heterocycles. The third-order valence-corrected chi connectivity index (χ3v) is 7.00. The maximum Gasteiger partial charge on any atom is 0.311 e. The molecule has 6 nitrogen and oxygen atoms in total. The summed E-state index contributed by atoms with van der Waals surface area (Å²) >= 11 is 0. The zero-order valence-corrected chi connectivity index (χ0v) is 18.8. The maximum absolute atomic E-state index is 13.3. The summed E-state index contributed by atoms with van der Waals surface area (Å²) in [5, 5.41) is -0.712. The first-order valence-corrected chi connectivity index (χ1v) is 11.8. The lowest BCUT2D eigenvalue weighted by Crippen LogP contribution is -2.38. The largest absolute Gasteiger partial charge is 0.493 e. The Morgan fingerprint density at radius 3 is 2.23 bits per heavy atom. The van der Waals surface area contributed by atoms with E-state index in [0.29, 0.717) is 17.9 Å². The fourth-order valence-corrected chi connectivity index (χ4v) is 3.83. The van der Waals surface area contributed by atoms with Crippen molar-refractivity contribution in [2.75, 3.05) is 7.11 Å². The van der Waals surface area contributed by atoms with Gasteiger partial charge >= 0.3 is 10.1 Å². The van der Waals surface area contributed by atoms with E-state index in [1.165, 1.54) is 33.1 Å². The molecule has 8 heteroatoms. The van der Waals surface area contributed by atoms with Crippen LogP contribution in [0.2, 0.25) is 0 Å². The van der Waals surface area contributed by atoms with E-state index in [-0.39, 0.29) is 29.9 Å². The van der Waals surface area contributed by atoms with Crippen LogP contribution in [0.4, 0.5) is 4.39 Å². The molecule has 3 rings (SSSR count). The molecule has 0 atom stereocenters. The number of benzene rings is 2. The summed E-state index contributed by atoms with van der Waals surface area (Å²) in [6.45, 7) is 3.68. The molecule has 2 aromatic rings. The van der Waals surface area contributed by atoms with Crippen LogP contribution in [-0.4, -0.2) is 31.6 Å². The van der Waals surface area contributed by atoms with Crippen LogP contribution in [-0.2, 0) is 28.0 Å². The van der Waals surface area contributed by atoms with Crippen LogP contribution < -0.4 is 8.92 Å². The van der Waals surface area contributed by atoms with Gasteiger partial charge in [0.1, 0.15) is 5.82 Å². The van der Waals surface area contributed by atoms with Crippen molar-refractivity contribution < 1.29 is 26.5 Å². The van der Waals surface area contributed by atoms with Gasteiger partial charge in [-0.1, -0.05) is 24.6 Å². The maximum atomic E-state index is 13.3. The SMILES string of the molecule is COc1ccc(CN(Cc2ccc(F)cc2)C(=O)C2CCC2)cc1OS(=O)(=O)C(C)C. The number of halogens is 1. The van der Waals surface area contributed by atoms with Gasteiger partial charge in [-0.05, 0) is 62.1 Å². The van der Waals surface area contributed by atoms with Gasteiger partial charge in [0.2, 0.25) is 5.91 Å². The Morgan fingerprint density at radius 2 is 1.68 bits per heavy atom. The Hall–Kier alpha value is -2.61. The van der Waals surface area contributed by atoms with Crippen LogP contribution in [0.15, 0.2) is 42.5 Å². The lowest BCUT2D eigenvalue weighted by Gasteiger charge is -2.32. The third-order valence-electron chi connectivity index (χ3n) is 5.44. The van der Waals surface area contributed by atoms with E-state index >= 15 is 0 Å². The Morgan fingerprint density at radius 1 is 1.06 bits per heavy atom. The van der Waals surface area contributed by atoms with Crippen molar-refractivity contribution in [3.8, 4) is 11.5 Å². The molecular weight excluding hydrogens is 421 g/mol. The van der Waals surface area contributed by atoms with Gasteiger partial charge in [-0.3, -0.25) is 4.79 Å². The minimum Gasteiger partial charge on any atom is -0.493 e. The van der Waals surface area contributed by atoms with Crippen molar-refractivity contribution in [2.24, 2.45) is 5.92 Å². The van der Waals surface area contributed by atoms with E-state index in [1.807, 2.05) is 0 Å². The predicted molar refractivity (Wildman–Crippen MR) is 116 cm³/mol. The van der Waals surface area contributed by atoms with E-state index in [1.54, 1.807) is 35.2 Å². The first kappa shape index (κ1) is 23.1. The number of amides is 1. The highest BCUT2D eigenvalue weighted by molar-refractivity contribution is 7.87. The summed E-state index contributed by atoms with van der Waals surface area (Å²) in [5.74, 6) is 0.0956. The summed E-state index contributed by atoms with van der Waals surface area (Å²) in [5.41, 5.74) is 1.53. The molecule has 0 radical (unpaired) electrons. The van der Waals surface area contributed by atoms with Crippen molar-refractivity contribution in [3.05, 3.63) is 59.4 Å². The lowest BCUT2D eigenvalue weighted by molar-refractivity contribution is -0.139. The highest BCUT2D eigenvalue weighted by Gasteiger charge is 2.30. The van der Waals surface area contributed by atoms with E-state index in [4.69, 9.17) is 8.92 Å². The number of nitrogens with zero attached hydrogens (tertiary/aromatic N) is 1. The number of hydrogen-bond acceptors (Lipinski definition) is 5. The fraction of sp³-hybridized carbons (Fsp3) is 0.435. The molecule has 0 spiro atoms. The predicted octanol–water partition coefficient (Wildman–Crippen LogP) is 4.28. The topological polar surface area (TPSA) is 72.9 Å². The van der Waals surface area contributed by atoms with Crippen molar-refractivity contribution >= 4 is 16.0 Å². The van der Waals surface area contributed by atoms with Gasteiger partial charge in [-0.15, -0.1) is 0 Å². The number of carbonyl (C=O) groups excluding carboxylic acids is 1. The molecule has 1 aliphatic rings. The van der Waals surface area contributed by atoms with Gasteiger partial charge in [0, 0.05) is 19.0 Å². The summed E-state index contributed by atoms with van der Waals surface area (Å²) in [7, 11) is -2.37. The Bertz CT molecular complexity index is 1020. The van der Waals surface area contributed by atoms with E-state index in [2.05, 4.69) is 0 Å².